The maximum atomic E-state index is 5.66. The quantitative estimate of drug-likeness (QED) is 0.794. The molecular formula is C15H14BrN3O. The summed E-state index contributed by atoms with van der Waals surface area (Å²) in [5.74, 6) is 1.20. The summed E-state index contributed by atoms with van der Waals surface area (Å²) in [4.78, 5) is 0. The van der Waals surface area contributed by atoms with Crippen LogP contribution in [0.3, 0.4) is 0 Å². The maximum Gasteiger partial charge on any atom is 0.247 e. The van der Waals surface area contributed by atoms with Crippen LogP contribution < -0.4 is 5.73 Å². The molecule has 0 aliphatic rings. The average molecular weight is 332 g/mol. The number of benzene rings is 2. The standard InChI is InChI=1S/C15H14BrN3O/c16-13-6-5-10-8-12(4-3-11(10)9-13)15-19-18-14(20-15)2-1-7-17/h3-6,8-9H,1-2,7,17H2. The van der Waals surface area contributed by atoms with Crippen LogP contribution >= 0.6 is 15.9 Å². The highest BCUT2D eigenvalue weighted by atomic mass is 79.9. The van der Waals surface area contributed by atoms with Gasteiger partial charge in [-0.05, 0) is 48.0 Å². The minimum absolute atomic E-state index is 0.557. The van der Waals surface area contributed by atoms with Crippen molar-refractivity contribution in [1.82, 2.24) is 10.2 Å². The number of halogens is 1. The van der Waals surface area contributed by atoms with Gasteiger partial charge in [0.05, 0.1) is 0 Å². The molecule has 0 aliphatic carbocycles. The fourth-order valence-electron chi connectivity index (χ4n) is 2.07. The topological polar surface area (TPSA) is 64.9 Å². The highest BCUT2D eigenvalue weighted by Gasteiger charge is 2.08. The van der Waals surface area contributed by atoms with Crippen molar-refractivity contribution in [2.75, 3.05) is 6.54 Å². The summed E-state index contributed by atoms with van der Waals surface area (Å²) in [6.07, 6.45) is 1.58. The van der Waals surface area contributed by atoms with Gasteiger partial charge in [0.25, 0.3) is 0 Å². The highest BCUT2D eigenvalue weighted by molar-refractivity contribution is 9.10. The van der Waals surface area contributed by atoms with Crippen LogP contribution in [0, 0.1) is 0 Å². The van der Waals surface area contributed by atoms with E-state index in [1.54, 1.807) is 0 Å². The summed E-state index contributed by atoms with van der Waals surface area (Å²) in [5, 5.41) is 10.5. The minimum atomic E-state index is 0.557. The molecule has 4 nitrogen and oxygen atoms in total. The van der Waals surface area contributed by atoms with Gasteiger partial charge in [-0.25, -0.2) is 0 Å². The summed E-state index contributed by atoms with van der Waals surface area (Å²) in [5.41, 5.74) is 6.41. The molecule has 20 heavy (non-hydrogen) atoms. The molecule has 0 aliphatic heterocycles. The number of aryl methyl sites for hydroxylation is 1. The van der Waals surface area contributed by atoms with E-state index in [-0.39, 0.29) is 0 Å². The number of nitrogens with two attached hydrogens (primary N) is 1. The molecule has 2 aromatic carbocycles. The molecule has 1 heterocycles. The molecule has 0 saturated heterocycles. The van der Waals surface area contributed by atoms with Crippen LogP contribution in [-0.2, 0) is 6.42 Å². The van der Waals surface area contributed by atoms with Gasteiger partial charge in [0, 0.05) is 16.5 Å². The van der Waals surface area contributed by atoms with Crippen LogP contribution in [0.4, 0.5) is 0 Å². The van der Waals surface area contributed by atoms with Crippen molar-refractivity contribution in [2.45, 2.75) is 12.8 Å². The van der Waals surface area contributed by atoms with E-state index in [0.29, 0.717) is 18.3 Å². The van der Waals surface area contributed by atoms with E-state index in [4.69, 9.17) is 10.2 Å². The number of aromatic nitrogens is 2. The van der Waals surface area contributed by atoms with E-state index in [9.17, 15) is 0 Å². The lowest BCUT2D eigenvalue weighted by atomic mass is 10.1. The zero-order valence-corrected chi connectivity index (χ0v) is 12.4. The molecule has 0 atom stereocenters. The van der Waals surface area contributed by atoms with E-state index < -0.39 is 0 Å². The number of fused-ring (bicyclic) bond motifs is 1. The lowest BCUT2D eigenvalue weighted by Crippen LogP contribution is -2.00. The summed E-state index contributed by atoms with van der Waals surface area (Å²) >= 11 is 3.47. The van der Waals surface area contributed by atoms with Crippen LogP contribution in [0.2, 0.25) is 0 Å². The number of hydrogen-bond donors (Lipinski definition) is 1. The molecule has 0 fully saturated rings. The van der Waals surface area contributed by atoms with E-state index in [0.717, 1.165) is 28.3 Å². The first kappa shape index (κ1) is 13.3. The summed E-state index contributed by atoms with van der Waals surface area (Å²) in [6, 6.07) is 12.3. The zero-order chi connectivity index (χ0) is 13.9. The zero-order valence-electron chi connectivity index (χ0n) is 10.8. The fraction of sp³-hybridized carbons (Fsp3) is 0.200. The lowest BCUT2D eigenvalue weighted by molar-refractivity contribution is 0.499. The summed E-state index contributed by atoms with van der Waals surface area (Å²) < 4.78 is 6.73. The van der Waals surface area contributed by atoms with Gasteiger partial charge in [-0.2, -0.15) is 0 Å². The summed E-state index contributed by atoms with van der Waals surface area (Å²) in [7, 11) is 0. The van der Waals surface area contributed by atoms with E-state index in [1.807, 2.05) is 12.1 Å². The van der Waals surface area contributed by atoms with Crippen molar-refractivity contribution in [1.29, 1.82) is 0 Å². The monoisotopic (exact) mass is 331 g/mol. The van der Waals surface area contributed by atoms with Crippen LogP contribution in [0.15, 0.2) is 45.3 Å². The second kappa shape index (κ2) is 5.73. The van der Waals surface area contributed by atoms with Gasteiger partial charge in [-0.1, -0.05) is 28.1 Å². The predicted molar refractivity (Wildman–Crippen MR) is 82.3 cm³/mol. The Balaban J connectivity index is 1.93. The van der Waals surface area contributed by atoms with Crippen molar-refractivity contribution in [3.05, 3.63) is 46.8 Å². The molecule has 3 aromatic rings. The van der Waals surface area contributed by atoms with Crippen molar-refractivity contribution >= 4 is 26.7 Å². The first-order valence-corrected chi connectivity index (χ1v) is 7.28. The van der Waals surface area contributed by atoms with E-state index in [2.05, 4.69) is 50.4 Å². The molecule has 0 unspecified atom stereocenters. The maximum absolute atomic E-state index is 5.66. The van der Waals surface area contributed by atoms with Gasteiger partial charge in [0.2, 0.25) is 11.8 Å². The molecule has 0 saturated carbocycles. The van der Waals surface area contributed by atoms with Gasteiger partial charge in [-0.15, -0.1) is 10.2 Å². The first-order valence-electron chi connectivity index (χ1n) is 6.48. The molecule has 102 valence electrons. The largest absolute Gasteiger partial charge is 0.421 e. The second-order valence-corrected chi connectivity index (χ2v) is 5.52. The van der Waals surface area contributed by atoms with Crippen molar-refractivity contribution < 1.29 is 4.42 Å². The Kier molecular flexibility index (Phi) is 3.80. The Labute approximate surface area is 125 Å². The minimum Gasteiger partial charge on any atom is -0.421 e. The van der Waals surface area contributed by atoms with E-state index in [1.165, 1.54) is 5.39 Å². The van der Waals surface area contributed by atoms with Crippen LogP contribution in [-0.4, -0.2) is 16.7 Å². The molecule has 0 spiro atoms. The Morgan fingerprint density at radius 2 is 1.85 bits per heavy atom. The highest BCUT2D eigenvalue weighted by Crippen LogP contribution is 2.25. The van der Waals surface area contributed by atoms with Crippen LogP contribution in [0.25, 0.3) is 22.2 Å². The third kappa shape index (κ3) is 2.73. The first-order chi connectivity index (χ1) is 9.76. The molecule has 0 amide bonds. The SMILES string of the molecule is NCCCc1nnc(-c2ccc3cc(Br)ccc3c2)o1. The van der Waals surface area contributed by atoms with Gasteiger partial charge < -0.3 is 10.2 Å². The predicted octanol–water partition coefficient (Wildman–Crippen LogP) is 3.54. The number of nitrogens with zero attached hydrogens (tertiary/aromatic N) is 2. The molecule has 0 radical (unpaired) electrons. The van der Waals surface area contributed by atoms with Crippen LogP contribution in [0.5, 0.6) is 0 Å². The Morgan fingerprint density at radius 1 is 1.05 bits per heavy atom. The molecular weight excluding hydrogens is 318 g/mol. The third-order valence-electron chi connectivity index (χ3n) is 3.11. The number of hydrogen-bond acceptors (Lipinski definition) is 4. The van der Waals surface area contributed by atoms with Gasteiger partial charge in [-0.3, -0.25) is 0 Å². The lowest BCUT2D eigenvalue weighted by Gasteiger charge is -2.01. The van der Waals surface area contributed by atoms with Crippen molar-refractivity contribution in [3.8, 4) is 11.5 Å². The molecule has 5 heteroatoms. The van der Waals surface area contributed by atoms with Crippen LogP contribution in [0.1, 0.15) is 12.3 Å². The van der Waals surface area contributed by atoms with E-state index >= 15 is 0 Å². The second-order valence-electron chi connectivity index (χ2n) is 4.60. The van der Waals surface area contributed by atoms with Gasteiger partial charge >= 0.3 is 0 Å². The normalized spacial score (nSPS) is 11.1. The summed E-state index contributed by atoms with van der Waals surface area (Å²) in [6.45, 7) is 0.628. The smallest absolute Gasteiger partial charge is 0.247 e. The number of rotatable bonds is 4. The van der Waals surface area contributed by atoms with Gasteiger partial charge in [0.1, 0.15) is 0 Å². The van der Waals surface area contributed by atoms with Crippen molar-refractivity contribution in [2.24, 2.45) is 5.73 Å². The van der Waals surface area contributed by atoms with Crippen molar-refractivity contribution in [3.63, 3.8) is 0 Å². The molecule has 0 bridgehead atoms. The molecule has 3 rings (SSSR count). The molecule has 1 aromatic heterocycles. The average Bonchev–Trinajstić information content (AvgIpc) is 2.93. The Bertz CT molecular complexity index is 739. The molecule has 2 N–H and O–H groups in total. The Morgan fingerprint density at radius 3 is 2.70 bits per heavy atom. The Hall–Kier alpha value is -1.72. The van der Waals surface area contributed by atoms with Gasteiger partial charge in [0.15, 0.2) is 0 Å². The fourth-order valence-corrected chi connectivity index (χ4v) is 2.45. The third-order valence-corrected chi connectivity index (χ3v) is 3.60.